The maximum atomic E-state index is 9.54. The number of hydrogen-bond acceptors (Lipinski definition) is 3. The van der Waals surface area contributed by atoms with Gasteiger partial charge < -0.3 is 10.2 Å². The highest BCUT2D eigenvalue weighted by Crippen LogP contribution is 2.32. The van der Waals surface area contributed by atoms with Gasteiger partial charge in [-0.15, -0.1) is 0 Å². The molecule has 0 aliphatic rings. The number of aliphatic hydroxyl groups excluding tert-OH is 1. The van der Waals surface area contributed by atoms with Crippen LogP contribution in [0.5, 0.6) is 5.75 Å². The molecular weight excluding hydrogens is 260 g/mol. The van der Waals surface area contributed by atoms with E-state index in [2.05, 4.69) is 21.0 Å². The van der Waals surface area contributed by atoms with Crippen LogP contribution in [0, 0.1) is 0 Å². The number of aromatic hydroxyl groups is 1. The van der Waals surface area contributed by atoms with Crippen molar-refractivity contribution in [2.24, 2.45) is 0 Å². The quantitative estimate of drug-likeness (QED) is 0.876. The molecule has 0 aliphatic heterocycles. The number of aliphatic hydroxyl groups is 1. The summed E-state index contributed by atoms with van der Waals surface area (Å²) >= 11 is 3.31. The Morgan fingerprint density at radius 1 is 1.53 bits per heavy atom. The van der Waals surface area contributed by atoms with Crippen LogP contribution in [-0.4, -0.2) is 26.1 Å². The highest BCUT2D eigenvalue weighted by Gasteiger charge is 2.11. The van der Waals surface area contributed by atoms with Gasteiger partial charge in [0.2, 0.25) is 0 Å². The molecule has 0 radical (unpaired) electrons. The Morgan fingerprint density at radius 2 is 2.27 bits per heavy atom. The molecule has 0 amide bonds. The zero-order valence-electron chi connectivity index (χ0n) is 8.18. The zero-order valence-corrected chi connectivity index (χ0v) is 9.77. The fourth-order valence-electron chi connectivity index (χ4n) is 1.51. The largest absolute Gasteiger partial charge is 0.507 e. The molecule has 2 N–H and O–H groups in total. The molecule has 4 nitrogen and oxygen atoms in total. The van der Waals surface area contributed by atoms with Crippen LogP contribution >= 0.6 is 15.9 Å². The first-order valence-corrected chi connectivity index (χ1v) is 5.40. The lowest BCUT2D eigenvalue weighted by atomic mass is 10.2. The molecule has 1 unspecified atom stereocenters. The van der Waals surface area contributed by atoms with Crippen LogP contribution < -0.4 is 0 Å². The average Bonchev–Trinajstić information content (AvgIpc) is 2.55. The van der Waals surface area contributed by atoms with E-state index in [1.807, 2.05) is 0 Å². The molecule has 1 aromatic carbocycles. The SMILES string of the molecule is CC(O)Cn1ncc2ccc(O)c(Br)c21. The molecule has 2 aromatic rings. The normalized spacial score (nSPS) is 13.3. The van der Waals surface area contributed by atoms with Crippen molar-refractivity contribution in [3.8, 4) is 5.75 Å². The van der Waals surface area contributed by atoms with E-state index in [1.54, 1.807) is 29.9 Å². The summed E-state index contributed by atoms with van der Waals surface area (Å²) in [4.78, 5) is 0. The van der Waals surface area contributed by atoms with Crippen molar-refractivity contribution in [3.63, 3.8) is 0 Å². The second-order valence-corrected chi connectivity index (χ2v) is 4.31. The molecule has 80 valence electrons. The number of phenols is 1. The molecule has 0 fully saturated rings. The van der Waals surface area contributed by atoms with Crippen molar-refractivity contribution in [2.75, 3.05) is 0 Å². The van der Waals surface area contributed by atoms with Gasteiger partial charge in [-0.3, -0.25) is 4.68 Å². The van der Waals surface area contributed by atoms with Crippen LogP contribution in [-0.2, 0) is 6.54 Å². The first kappa shape index (κ1) is 10.4. The molecule has 0 aliphatic carbocycles. The van der Waals surface area contributed by atoms with Crippen LogP contribution in [0.25, 0.3) is 10.9 Å². The monoisotopic (exact) mass is 270 g/mol. The number of rotatable bonds is 2. The molecule has 5 heteroatoms. The maximum absolute atomic E-state index is 9.54. The number of benzene rings is 1. The van der Waals surface area contributed by atoms with Crippen molar-refractivity contribution in [1.82, 2.24) is 9.78 Å². The Balaban J connectivity index is 2.61. The van der Waals surface area contributed by atoms with Gasteiger partial charge in [0.25, 0.3) is 0 Å². The van der Waals surface area contributed by atoms with Crippen LogP contribution in [0.15, 0.2) is 22.8 Å². The number of nitrogens with zero attached hydrogens (tertiary/aromatic N) is 2. The maximum Gasteiger partial charge on any atom is 0.131 e. The Labute approximate surface area is 95.3 Å². The average molecular weight is 271 g/mol. The molecule has 0 bridgehead atoms. The van der Waals surface area contributed by atoms with Crippen molar-refractivity contribution in [2.45, 2.75) is 19.6 Å². The summed E-state index contributed by atoms with van der Waals surface area (Å²) in [7, 11) is 0. The predicted octanol–water partition coefficient (Wildman–Crippen LogP) is 1.89. The fraction of sp³-hybridized carbons (Fsp3) is 0.300. The number of phenolic OH excluding ortho intramolecular Hbond substituents is 1. The van der Waals surface area contributed by atoms with E-state index < -0.39 is 6.10 Å². The minimum Gasteiger partial charge on any atom is -0.507 e. The highest BCUT2D eigenvalue weighted by atomic mass is 79.9. The third-order valence-electron chi connectivity index (χ3n) is 2.16. The van der Waals surface area contributed by atoms with Crippen molar-refractivity contribution in [1.29, 1.82) is 0 Å². The smallest absolute Gasteiger partial charge is 0.131 e. The van der Waals surface area contributed by atoms with E-state index in [4.69, 9.17) is 0 Å². The first-order valence-electron chi connectivity index (χ1n) is 4.60. The van der Waals surface area contributed by atoms with Crippen LogP contribution in [0.3, 0.4) is 0 Å². The van der Waals surface area contributed by atoms with E-state index in [0.717, 1.165) is 10.9 Å². The summed E-state index contributed by atoms with van der Waals surface area (Å²) < 4.78 is 2.28. The number of halogens is 1. The summed E-state index contributed by atoms with van der Waals surface area (Å²) in [6.45, 7) is 2.11. The minimum absolute atomic E-state index is 0.176. The Kier molecular flexibility index (Phi) is 2.67. The van der Waals surface area contributed by atoms with E-state index in [-0.39, 0.29) is 5.75 Å². The summed E-state index contributed by atoms with van der Waals surface area (Å²) in [5, 5.41) is 23.9. The van der Waals surface area contributed by atoms with Gasteiger partial charge >= 0.3 is 0 Å². The Morgan fingerprint density at radius 3 is 2.93 bits per heavy atom. The molecule has 2 rings (SSSR count). The lowest BCUT2D eigenvalue weighted by molar-refractivity contribution is 0.170. The third kappa shape index (κ3) is 1.85. The molecule has 0 spiro atoms. The van der Waals surface area contributed by atoms with Gasteiger partial charge in [-0.25, -0.2) is 0 Å². The second kappa shape index (κ2) is 3.83. The molecule has 1 atom stereocenters. The van der Waals surface area contributed by atoms with E-state index >= 15 is 0 Å². The van der Waals surface area contributed by atoms with Crippen LogP contribution in [0.2, 0.25) is 0 Å². The van der Waals surface area contributed by atoms with Crippen molar-refractivity contribution in [3.05, 3.63) is 22.8 Å². The lowest BCUT2D eigenvalue weighted by Gasteiger charge is -2.07. The standard InChI is InChI=1S/C10H11BrN2O2/c1-6(14)5-13-10-7(4-12-13)2-3-8(15)9(10)11/h2-4,6,14-15H,5H2,1H3. The molecule has 0 saturated carbocycles. The fourth-order valence-corrected chi connectivity index (χ4v) is 2.08. The van der Waals surface area contributed by atoms with Gasteiger partial charge in [-0.2, -0.15) is 5.10 Å². The second-order valence-electron chi connectivity index (χ2n) is 3.51. The number of aromatic nitrogens is 2. The summed E-state index contributed by atoms with van der Waals surface area (Å²) in [5.74, 6) is 0.176. The van der Waals surface area contributed by atoms with E-state index in [9.17, 15) is 10.2 Å². The van der Waals surface area contributed by atoms with Gasteiger partial charge in [-0.1, -0.05) is 0 Å². The summed E-state index contributed by atoms with van der Waals surface area (Å²) in [6.07, 6.45) is 1.24. The minimum atomic E-state index is -0.470. The Hall–Kier alpha value is -1.07. The molecule has 1 aromatic heterocycles. The molecule has 1 heterocycles. The molecule has 15 heavy (non-hydrogen) atoms. The van der Waals surface area contributed by atoms with Gasteiger partial charge in [-0.05, 0) is 35.0 Å². The predicted molar refractivity (Wildman–Crippen MR) is 60.8 cm³/mol. The summed E-state index contributed by atoms with van der Waals surface area (Å²) in [6, 6.07) is 3.40. The molecular formula is C10H11BrN2O2. The van der Waals surface area contributed by atoms with Crippen molar-refractivity contribution >= 4 is 26.8 Å². The van der Waals surface area contributed by atoms with Gasteiger partial charge in [0, 0.05) is 5.39 Å². The van der Waals surface area contributed by atoms with Crippen LogP contribution in [0.4, 0.5) is 0 Å². The van der Waals surface area contributed by atoms with E-state index in [1.165, 1.54) is 0 Å². The van der Waals surface area contributed by atoms with Crippen LogP contribution in [0.1, 0.15) is 6.92 Å². The number of hydrogen-bond donors (Lipinski definition) is 2. The topological polar surface area (TPSA) is 58.3 Å². The number of fused-ring (bicyclic) bond motifs is 1. The Bertz CT molecular complexity index is 493. The van der Waals surface area contributed by atoms with Gasteiger partial charge in [0.1, 0.15) is 5.75 Å². The van der Waals surface area contributed by atoms with Crippen molar-refractivity contribution < 1.29 is 10.2 Å². The first-order chi connectivity index (χ1) is 7.09. The van der Waals surface area contributed by atoms with Gasteiger partial charge in [0.05, 0.1) is 28.8 Å². The van der Waals surface area contributed by atoms with Gasteiger partial charge in [0.15, 0.2) is 0 Å². The summed E-state index contributed by atoms with van der Waals surface area (Å²) in [5.41, 5.74) is 0.802. The third-order valence-corrected chi connectivity index (χ3v) is 2.94. The molecule has 0 saturated heterocycles. The zero-order chi connectivity index (χ0) is 11.0. The highest BCUT2D eigenvalue weighted by molar-refractivity contribution is 9.10. The lowest BCUT2D eigenvalue weighted by Crippen LogP contribution is -2.12. The van der Waals surface area contributed by atoms with E-state index in [0.29, 0.717) is 11.0 Å².